The van der Waals surface area contributed by atoms with Crippen molar-refractivity contribution >= 4 is 15.5 Å². The van der Waals surface area contributed by atoms with Crippen LogP contribution in [0, 0.1) is 0 Å². The number of ether oxygens (including phenoxy) is 1. The maximum Gasteiger partial charge on any atom is 0.154 e. The smallest absolute Gasteiger partial charge is 0.154 e. The minimum atomic E-state index is -3.10. The molecule has 1 aromatic rings. The molecule has 1 aromatic carbocycles. The summed E-state index contributed by atoms with van der Waals surface area (Å²) in [5.74, 6) is 0.828. The van der Waals surface area contributed by atoms with Gasteiger partial charge in [-0.25, -0.2) is 8.42 Å². The molecule has 108 valence electrons. The van der Waals surface area contributed by atoms with E-state index in [1.54, 1.807) is 18.2 Å². The number of hydrogen-bond acceptors (Lipinski definition) is 4. The maximum atomic E-state index is 12.0. The molecule has 4 nitrogen and oxygen atoms in total. The van der Waals surface area contributed by atoms with Crippen LogP contribution in [0.5, 0.6) is 5.75 Å². The average Bonchev–Trinajstić information content (AvgIpc) is 2.32. The summed E-state index contributed by atoms with van der Waals surface area (Å²) in [6, 6.07) is 5.14. The van der Waals surface area contributed by atoms with Gasteiger partial charge in [-0.3, -0.25) is 0 Å². The lowest BCUT2D eigenvalue weighted by Crippen LogP contribution is -2.11. The molecule has 0 radical (unpaired) electrons. The van der Waals surface area contributed by atoms with Gasteiger partial charge in [0.15, 0.2) is 9.84 Å². The zero-order chi connectivity index (χ0) is 14.3. The van der Waals surface area contributed by atoms with E-state index < -0.39 is 9.84 Å². The van der Waals surface area contributed by atoms with E-state index in [9.17, 15) is 8.42 Å². The molecule has 0 unspecified atom stereocenters. The third-order valence-electron chi connectivity index (χ3n) is 2.82. The second-order valence-electron chi connectivity index (χ2n) is 4.60. The van der Waals surface area contributed by atoms with Gasteiger partial charge in [-0.15, -0.1) is 0 Å². The standard InChI is InChI=1S/C14H23NO3S/c1-3-5-6-9-19(16,17)11-12-10-13(15)7-8-14(12)18-4-2/h7-8,10H,3-6,9,11,15H2,1-2H3. The average molecular weight is 285 g/mol. The highest BCUT2D eigenvalue weighted by Gasteiger charge is 2.15. The molecule has 0 amide bonds. The quantitative estimate of drug-likeness (QED) is 0.589. The van der Waals surface area contributed by atoms with Gasteiger partial charge < -0.3 is 10.5 Å². The Labute approximate surface area is 115 Å². The molecule has 0 saturated carbocycles. The van der Waals surface area contributed by atoms with Gasteiger partial charge in [-0.2, -0.15) is 0 Å². The van der Waals surface area contributed by atoms with Crippen LogP contribution in [0.1, 0.15) is 38.7 Å². The highest BCUT2D eigenvalue weighted by atomic mass is 32.2. The highest BCUT2D eigenvalue weighted by Crippen LogP contribution is 2.24. The third-order valence-corrected chi connectivity index (χ3v) is 4.48. The first-order chi connectivity index (χ1) is 8.98. The van der Waals surface area contributed by atoms with Crippen LogP contribution in [0.25, 0.3) is 0 Å². The largest absolute Gasteiger partial charge is 0.494 e. The molecule has 0 aliphatic heterocycles. The number of nitrogens with two attached hydrogens (primary N) is 1. The minimum Gasteiger partial charge on any atom is -0.494 e. The van der Waals surface area contributed by atoms with E-state index in [2.05, 4.69) is 6.92 Å². The zero-order valence-corrected chi connectivity index (χ0v) is 12.5. The molecule has 0 fully saturated rings. The van der Waals surface area contributed by atoms with Gasteiger partial charge in [0.25, 0.3) is 0 Å². The van der Waals surface area contributed by atoms with Crippen LogP contribution >= 0.6 is 0 Å². The monoisotopic (exact) mass is 285 g/mol. The number of anilines is 1. The van der Waals surface area contributed by atoms with Crippen LogP contribution in [0.2, 0.25) is 0 Å². The van der Waals surface area contributed by atoms with Gasteiger partial charge in [0.1, 0.15) is 5.75 Å². The van der Waals surface area contributed by atoms with Crippen LogP contribution in [-0.2, 0) is 15.6 Å². The predicted octanol–water partition coefficient (Wildman–Crippen LogP) is 2.77. The Hall–Kier alpha value is -1.23. The molecule has 2 N–H and O–H groups in total. The van der Waals surface area contributed by atoms with Crippen molar-refractivity contribution in [3.05, 3.63) is 23.8 Å². The van der Waals surface area contributed by atoms with Gasteiger partial charge in [-0.05, 0) is 31.5 Å². The first-order valence-corrected chi connectivity index (χ1v) is 8.52. The van der Waals surface area contributed by atoms with Crippen molar-refractivity contribution < 1.29 is 13.2 Å². The second kappa shape index (κ2) is 7.38. The molecule has 0 atom stereocenters. The SMILES string of the molecule is CCCCCS(=O)(=O)Cc1cc(N)ccc1OCC. The van der Waals surface area contributed by atoms with E-state index in [1.165, 1.54) is 0 Å². The highest BCUT2D eigenvalue weighted by molar-refractivity contribution is 7.90. The first kappa shape index (κ1) is 15.8. The number of sulfone groups is 1. The summed E-state index contributed by atoms with van der Waals surface area (Å²) >= 11 is 0. The fraction of sp³-hybridized carbons (Fsp3) is 0.571. The van der Waals surface area contributed by atoms with E-state index >= 15 is 0 Å². The molecule has 0 heterocycles. The third kappa shape index (κ3) is 5.51. The molecule has 0 saturated heterocycles. The van der Waals surface area contributed by atoms with Crippen LogP contribution in [-0.4, -0.2) is 20.8 Å². The molecule has 0 spiro atoms. The molecular formula is C14H23NO3S. The topological polar surface area (TPSA) is 69.4 Å². The number of rotatable bonds is 8. The minimum absolute atomic E-state index is 0.00289. The Balaban J connectivity index is 2.82. The van der Waals surface area contributed by atoms with Crippen molar-refractivity contribution in [2.45, 2.75) is 38.9 Å². The number of unbranched alkanes of at least 4 members (excludes halogenated alkanes) is 2. The Bertz CT molecular complexity index is 497. The second-order valence-corrected chi connectivity index (χ2v) is 6.78. The summed E-state index contributed by atoms with van der Waals surface area (Å²) in [7, 11) is -3.10. The van der Waals surface area contributed by atoms with Crippen molar-refractivity contribution in [2.24, 2.45) is 0 Å². The van der Waals surface area contributed by atoms with Gasteiger partial charge in [0.05, 0.1) is 18.1 Å². The molecular weight excluding hydrogens is 262 g/mol. The van der Waals surface area contributed by atoms with Crippen molar-refractivity contribution in [3.63, 3.8) is 0 Å². The van der Waals surface area contributed by atoms with Gasteiger partial charge in [-0.1, -0.05) is 19.8 Å². The van der Waals surface area contributed by atoms with Gasteiger partial charge in [0, 0.05) is 11.3 Å². The van der Waals surface area contributed by atoms with E-state index in [-0.39, 0.29) is 11.5 Å². The Morgan fingerprint density at radius 2 is 1.95 bits per heavy atom. The predicted molar refractivity (Wildman–Crippen MR) is 79.0 cm³/mol. The Morgan fingerprint density at radius 1 is 1.21 bits per heavy atom. The molecule has 0 aliphatic carbocycles. The van der Waals surface area contributed by atoms with E-state index in [4.69, 9.17) is 10.5 Å². The van der Waals surface area contributed by atoms with Crippen LogP contribution in [0.4, 0.5) is 5.69 Å². The zero-order valence-electron chi connectivity index (χ0n) is 11.7. The molecule has 5 heteroatoms. The van der Waals surface area contributed by atoms with Crippen molar-refractivity contribution in [3.8, 4) is 5.75 Å². The molecule has 1 rings (SSSR count). The van der Waals surface area contributed by atoms with E-state index in [1.807, 2.05) is 6.92 Å². The van der Waals surface area contributed by atoms with Crippen molar-refractivity contribution in [2.75, 3.05) is 18.1 Å². The first-order valence-electron chi connectivity index (χ1n) is 6.70. The summed E-state index contributed by atoms with van der Waals surface area (Å²) in [6.45, 7) is 4.43. The Kier molecular flexibility index (Phi) is 6.15. The lowest BCUT2D eigenvalue weighted by atomic mass is 10.2. The number of hydrogen-bond donors (Lipinski definition) is 1. The maximum absolute atomic E-state index is 12.0. The fourth-order valence-electron chi connectivity index (χ4n) is 1.89. The normalized spacial score (nSPS) is 11.5. The summed E-state index contributed by atoms with van der Waals surface area (Å²) < 4.78 is 29.5. The van der Waals surface area contributed by atoms with Crippen LogP contribution < -0.4 is 10.5 Å². The lowest BCUT2D eigenvalue weighted by molar-refractivity contribution is 0.337. The molecule has 0 bridgehead atoms. The summed E-state index contributed by atoms with van der Waals surface area (Å²) in [5, 5.41) is 0. The molecule has 19 heavy (non-hydrogen) atoms. The fourth-order valence-corrected chi connectivity index (χ4v) is 3.38. The summed E-state index contributed by atoms with van der Waals surface area (Å²) in [4.78, 5) is 0. The summed E-state index contributed by atoms with van der Waals surface area (Å²) in [6.07, 6.45) is 2.66. The van der Waals surface area contributed by atoms with Gasteiger partial charge in [0.2, 0.25) is 0 Å². The van der Waals surface area contributed by atoms with Gasteiger partial charge >= 0.3 is 0 Å². The lowest BCUT2D eigenvalue weighted by Gasteiger charge is -2.11. The number of benzene rings is 1. The van der Waals surface area contributed by atoms with E-state index in [0.717, 1.165) is 12.8 Å². The molecule has 0 aliphatic rings. The van der Waals surface area contributed by atoms with Crippen molar-refractivity contribution in [1.82, 2.24) is 0 Å². The van der Waals surface area contributed by atoms with Crippen molar-refractivity contribution in [1.29, 1.82) is 0 Å². The molecule has 0 aromatic heterocycles. The van der Waals surface area contributed by atoms with Crippen LogP contribution in [0.3, 0.4) is 0 Å². The Morgan fingerprint density at radius 3 is 2.58 bits per heavy atom. The van der Waals surface area contributed by atoms with Crippen LogP contribution in [0.15, 0.2) is 18.2 Å². The number of nitrogen functional groups attached to an aromatic ring is 1. The summed E-state index contributed by atoms with van der Waals surface area (Å²) in [5.41, 5.74) is 6.92. The van der Waals surface area contributed by atoms with E-state index in [0.29, 0.717) is 30.0 Å².